The predicted molar refractivity (Wildman–Crippen MR) is 106 cm³/mol. The van der Waals surface area contributed by atoms with Crippen molar-refractivity contribution in [3.8, 4) is 11.3 Å². The van der Waals surface area contributed by atoms with Crippen molar-refractivity contribution in [2.24, 2.45) is 7.05 Å². The summed E-state index contributed by atoms with van der Waals surface area (Å²) in [6, 6.07) is 19.6. The number of carbonyl (C=O) groups is 1. The molecule has 5 heteroatoms. The van der Waals surface area contributed by atoms with Crippen molar-refractivity contribution in [3.63, 3.8) is 0 Å². The minimum absolute atomic E-state index is 0.0327. The molecule has 27 heavy (non-hydrogen) atoms. The summed E-state index contributed by atoms with van der Waals surface area (Å²) in [6.45, 7) is 0.504. The zero-order valence-corrected chi connectivity index (χ0v) is 15.3. The Bertz CT molecular complexity index is 1100. The minimum Gasteiger partial charge on any atom is -0.337 e. The van der Waals surface area contributed by atoms with Crippen molar-refractivity contribution in [2.45, 2.75) is 6.54 Å². The van der Waals surface area contributed by atoms with Crippen LogP contribution < -0.4 is 0 Å². The van der Waals surface area contributed by atoms with E-state index in [9.17, 15) is 4.79 Å². The molecule has 134 valence electrons. The van der Waals surface area contributed by atoms with E-state index in [4.69, 9.17) is 4.98 Å². The first-order valence-electron chi connectivity index (χ1n) is 8.80. The number of amides is 1. The van der Waals surface area contributed by atoms with Gasteiger partial charge in [-0.2, -0.15) is 5.10 Å². The lowest BCUT2D eigenvalue weighted by atomic mass is 10.0. The normalized spacial score (nSPS) is 10.9. The lowest BCUT2D eigenvalue weighted by molar-refractivity contribution is 0.0787. The van der Waals surface area contributed by atoms with Crippen molar-refractivity contribution in [3.05, 3.63) is 84.2 Å². The van der Waals surface area contributed by atoms with Gasteiger partial charge in [0.25, 0.3) is 5.91 Å². The number of nitrogens with zero attached hydrogens (tertiary/aromatic N) is 4. The number of pyridine rings is 1. The van der Waals surface area contributed by atoms with E-state index >= 15 is 0 Å². The molecule has 0 bridgehead atoms. The van der Waals surface area contributed by atoms with Gasteiger partial charge in [0.2, 0.25) is 0 Å². The molecule has 0 aliphatic rings. The van der Waals surface area contributed by atoms with E-state index in [1.165, 1.54) is 0 Å². The van der Waals surface area contributed by atoms with E-state index in [-0.39, 0.29) is 5.91 Å². The first-order valence-corrected chi connectivity index (χ1v) is 8.80. The zero-order chi connectivity index (χ0) is 18.8. The number of rotatable bonds is 4. The molecule has 0 unspecified atom stereocenters. The van der Waals surface area contributed by atoms with Crippen LogP contribution in [0.1, 0.15) is 15.9 Å². The summed E-state index contributed by atoms with van der Waals surface area (Å²) >= 11 is 0. The Labute approximate surface area is 157 Å². The molecule has 0 N–H and O–H groups in total. The van der Waals surface area contributed by atoms with Gasteiger partial charge in [0.1, 0.15) is 0 Å². The molecule has 4 aromatic rings. The van der Waals surface area contributed by atoms with Gasteiger partial charge in [-0.1, -0.05) is 48.5 Å². The fourth-order valence-corrected chi connectivity index (χ4v) is 3.21. The Hall–Kier alpha value is -3.47. The maximum absolute atomic E-state index is 13.2. The Kier molecular flexibility index (Phi) is 4.42. The van der Waals surface area contributed by atoms with E-state index in [0.717, 1.165) is 27.7 Å². The molecule has 0 radical (unpaired) electrons. The number of para-hydroxylation sites is 1. The van der Waals surface area contributed by atoms with E-state index in [1.807, 2.05) is 81.0 Å². The van der Waals surface area contributed by atoms with Gasteiger partial charge in [0.15, 0.2) is 0 Å². The van der Waals surface area contributed by atoms with Crippen LogP contribution in [0.2, 0.25) is 0 Å². The molecular weight excluding hydrogens is 336 g/mol. The van der Waals surface area contributed by atoms with Gasteiger partial charge in [0.05, 0.1) is 23.0 Å². The molecule has 2 heterocycles. The van der Waals surface area contributed by atoms with E-state index in [2.05, 4.69) is 5.10 Å². The summed E-state index contributed by atoms with van der Waals surface area (Å²) in [6.07, 6.45) is 3.70. The lowest BCUT2D eigenvalue weighted by Gasteiger charge is -2.18. The van der Waals surface area contributed by atoms with Crippen LogP contribution in [0.3, 0.4) is 0 Å². The molecule has 0 aliphatic carbocycles. The van der Waals surface area contributed by atoms with Gasteiger partial charge < -0.3 is 4.90 Å². The van der Waals surface area contributed by atoms with Crippen LogP contribution in [0.4, 0.5) is 0 Å². The Balaban J connectivity index is 1.76. The lowest BCUT2D eigenvalue weighted by Crippen LogP contribution is -2.26. The molecule has 1 amide bonds. The van der Waals surface area contributed by atoms with Gasteiger partial charge in [0, 0.05) is 43.4 Å². The topological polar surface area (TPSA) is 51.0 Å². The SMILES string of the molecule is CN(Cc1cnn(C)c1)C(=O)c1cc(-c2ccccc2)nc2ccccc12. The molecule has 5 nitrogen and oxygen atoms in total. The average molecular weight is 356 g/mol. The van der Waals surface area contributed by atoms with Gasteiger partial charge in [-0.05, 0) is 12.1 Å². The van der Waals surface area contributed by atoms with Gasteiger partial charge >= 0.3 is 0 Å². The van der Waals surface area contributed by atoms with Crippen molar-refractivity contribution in [2.75, 3.05) is 7.05 Å². The van der Waals surface area contributed by atoms with Crippen LogP contribution in [-0.2, 0) is 13.6 Å². The van der Waals surface area contributed by atoms with E-state index in [0.29, 0.717) is 12.1 Å². The fourth-order valence-electron chi connectivity index (χ4n) is 3.21. The number of benzene rings is 2. The third kappa shape index (κ3) is 3.44. The second-order valence-corrected chi connectivity index (χ2v) is 6.62. The Morgan fingerprint density at radius 3 is 2.56 bits per heavy atom. The minimum atomic E-state index is -0.0327. The summed E-state index contributed by atoms with van der Waals surface area (Å²) in [4.78, 5) is 19.7. The molecule has 0 fully saturated rings. The molecule has 0 aliphatic heterocycles. The third-order valence-corrected chi connectivity index (χ3v) is 4.54. The largest absolute Gasteiger partial charge is 0.337 e. The summed E-state index contributed by atoms with van der Waals surface area (Å²) < 4.78 is 1.74. The molecular formula is C22H20N4O. The monoisotopic (exact) mass is 356 g/mol. The molecule has 0 atom stereocenters. The highest BCUT2D eigenvalue weighted by Crippen LogP contribution is 2.26. The van der Waals surface area contributed by atoms with Crippen LogP contribution in [0.25, 0.3) is 22.2 Å². The number of aryl methyl sites for hydroxylation is 1. The molecule has 0 saturated heterocycles. The van der Waals surface area contributed by atoms with Crippen LogP contribution in [0.15, 0.2) is 73.1 Å². The van der Waals surface area contributed by atoms with Crippen molar-refractivity contribution in [1.82, 2.24) is 19.7 Å². The highest BCUT2D eigenvalue weighted by molar-refractivity contribution is 6.07. The fraction of sp³-hybridized carbons (Fsp3) is 0.136. The van der Waals surface area contributed by atoms with E-state index in [1.54, 1.807) is 15.8 Å². The van der Waals surface area contributed by atoms with Gasteiger partial charge in [-0.15, -0.1) is 0 Å². The van der Waals surface area contributed by atoms with Crippen LogP contribution in [0.5, 0.6) is 0 Å². The smallest absolute Gasteiger partial charge is 0.254 e. The van der Waals surface area contributed by atoms with Crippen molar-refractivity contribution in [1.29, 1.82) is 0 Å². The maximum atomic E-state index is 13.2. The number of carbonyl (C=O) groups excluding carboxylic acids is 1. The zero-order valence-electron chi connectivity index (χ0n) is 15.3. The van der Waals surface area contributed by atoms with Crippen LogP contribution in [-0.4, -0.2) is 32.6 Å². The number of hydrogen-bond donors (Lipinski definition) is 0. The molecule has 2 aromatic carbocycles. The highest BCUT2D eigenvalue weighted by Gasteiger charge is 2.18. The van der Waals surface area contributed by atoms with Gasteiger partial charge in [-0.25, -0.2) is 4.98 Å². The maximum Gasteiger partial charge on any atom is 0.254 e. The number of fused-ring (bicyclic) bond motifs is 1. The third-order valence-electron chi connectivity index (χ3n) is 4.54. The molecule has 0 spiro atoms. The Morgan fingerprint density at radius 1 is 1.07 bits per heavy atom. The van der Waals surface area contributed by atoms with Crippen LogP contribution >= 0.6 is 0 Å². The van der Waals surface area contributed by atoms with Gasteiger partial charge in [-0.3, -0.25) is 9.48 Å². The Morgan fingerprint density at radius 2 is 1.81 bits per heavy atom. The molecule has 4 rings (SSSR count). The van der Waals surface area contributed by atoms with Crippen molar-refractivity contribution >= 4 is 16.8 Å². The summed E-state index contributed by atoms with van der Waals surface area (Å²) in [5.41, 5.74) is 4.26. The quantitative estimate of drug-likeness (QED) is 0.557. The molecule has 0 saturated carbocycles. The van der Waals surface area contributed by atoms with Crippen molar-refractivity contribution < 1.29 is 4.79 Å². The predicted octanol–water partition coefficient (Wildman–Crippen LogP) is 3.91. The second kappa shape index (κ2) is 7.03. The second-order valence-electron chi connectivity index (χ2n) is 6.62. The summed E-state index contributed by atoms with van der Waals surface area (Å²) in [5.74, 6) is -0.0327. The average Bonchev–Trinajstić information content (AvgIpc) is 3.11. The van der Waals surface area contributed by atoms with Crippen LogP contribution in [0, 0.1) is 0 Å². The standard InChI is InChI=1S/C22H20N4O/c1-25(14-16-13-23-26(2)15-16)22(27)19-12-21(17-8-4-3-5-9-17)24-20-11-7-6-10-18(19)20/h3-13,15H,14H2,1-2H3. The summed E-state index contributed by atoms with van der Waals surface area (Å²) in [5, 5.41) is 5.04. The molecule has 2 aromatic heterocycles. The number of hydrogen-bond acceptors (Lipinski definition) is 3. The summed E-state index contributed by atoms with van der Waals surface area (Å²) in [7, 11) is 3.68. The first-order chi connectivity index (χ1) is 13.1. The first kappa shape index (κ1) is 17.0. The van der Waals surface area contributed by atoms with E-state index < -0.39 is 0 Å². The highest BCUT2D eigenvalue weighted by atomic mass is 16.2. The number of aromatic nitrogens is 3.